The van der Waals surface area contributed by atoms with Crippen molar-refractivity contribution < 1.29 is 17.6 Å². The molecule has 0 aromatic heterocycles. The van der Waals surface area contributed by atoms with Crippen LogP contribution >= 0.6 is 12.4 Å². The molecule has 0 radical (unpaired) electrons. The zero-order chi connectivity index (χ0) is 13.8. The Morgan fingerprint density at radius 3 is 2.26 bits per heavy atom. The van der Waals surface area contributed by atoms with Crippen LogP contribution in [0.4, 0.5) is 17.6 Å². The summed E-state index contributed by atoms with van der Waals surface area (Å²) < 4.78 is 50.3. The van der Waals surface area contributed by atoms with E-state index in [1.807, 2.05) is 0 Å². The van der Waals surface area contributed by atoms with Gasteiger partial charge in [-0.2, -0.15) is 13.2 Å². The second-order valence-electron chi connectivity index (χ2n) is 4.13. The lowest BCUT2D eigenvalue weighted by Gasteiger charge is -2.14. The van der Waals surface area contributed by atoms with Gasteiger partial charge in [-0.05, 0) is 37.1 Å². The fourth-order valence-corrected chi connectivity index (χ4v) is 1.67. The molecular formula is C12H17ClF4N2. The van der Waals surface area contributed by atoms with Crippen LogP contribution in [-0.4, -0.2) is 6.54 Å². The van der Waals surface area contributed by atoms with E-state index in [4.69, 9.17) is 11.5 Å². The van der Waals surface area contributed by atoms with E-state index in [-0.39, 0.29) is 12.4 Å². The van der Waals surface area contributed by atoms with Crippen molar-refractivity contribution in [2.45, 2.75) is 31.5 Å². The molecular weight excluding hydrogens is 284 g/mol. The van der Waals surface area contributed by atoms with E-state index in [9.17, 15) is 17.6 Å². The molecule has 1 aromatic rings. The summed E-state index contributed by atoms with van der Waals surface area (Å²) in [5.41, 5.74) is 10.2. The molecule has 0 aliphatic rings. The maximum absolute atomic E-state index is 13.3. The normalized spacial score (nSPS) is 12.9. The topological polar surface area (TPSA) is 52.0 Å². The summed E-state index contributed by atoms with van der Waals surface area (Å²) in [7, 11) is 0. The molecule has 110 valence electrons. The highest BCUT2D eigenvalue weighted by Gasteiger charge is 2.34. The quantitative estimate of drug-likeness (QED) is 0.647. The van der Waals surface area contributed by atoms with Crippen LogP contribution < -0.4 is 11.5 Å². The number of unbranched alkanes of at least 4 members (excludes halogenated alkanes) is 1. The zero-order valence-electron chi connectivity index (χ0n) is 10.2. The molecule has 4 N–H and O–H groups in total. The molecule has 1 aromatic carbocycles. The maximum Gasteiger partial charge on any atom is 0.419 e. The lowest BCUT2D eigenvalue weighted by Crippen LogP contribution is -2.13. The van der Waals surface area contributed by atoms with E-state index in [0.717, 1.165) is 25.0 Å². The van der Waals surface area contributed by atoms with Crippen molar-refractivity contribution >= 4 is 12.4 Å². The van der Waals surface area contributed by atoms with Crippen LogP contribution in [0.25, 0.3) is 0 Å². The molecule has 1 atom stereocenters. The first kappa shape index (κ1) is 18.1. The largest absolute Gasteiger partial charge is 0.419 e. The van der Waals surface area contributed by atoms with Crippen molar-refractivity contribution in [1.82, 2.24) is 0 Å². The van der Waals surface area contributed by atoms with E-state index < -0.39 is 23.6 Å². The highest BCUT2D eigenvalue weighted by atomic mass is 35.5. The summed E-state index contributed by atoms with van der Waals surface area (Å²) in [5.74, 6) is -1.28. The van der Waals surface area contributed by atoms with Gasteiger partial charge < -0.3 is 11.5 Å². The number of hydrogen-bond acceptors (Lipinski definition) is 2. The number of rotatable bonds is 5. The van der Waals surface area contributed by atoms with Gasteiger partial charge in [0.2, 0.25) is 0 Å². The molecule has 0 bridgehead atoms. The maximum atomic E-state index is 13.3. The van der Waals surface area contributed by atoms with Crippen LogP contribution in [0.15, 0.2) is 18.2 Å². The fraction of sp³-hybridized carbons (Fsp3) is 0.500. The van der Waals surface area contributed by atoms with Gasteiger partial charge in [0.15, 0.2) is 0 Å². The molecule has 0 saturated heterocycles. The minimum Gasteiger partial charge on any atom is -0.330 e. The fourth-order valence-electron chi connectivity index (χ4n) is 1.67. The van der Waals surface area contributed by atoms with Gasteiger partial charge in [0, 0.05) is 6.04 Å². The lowest BCUT2D eigenvalue weighted by molar-refractivity contribution is -0.140. The highest BCUT2D eigenvalue weighted by molar-refractivity contribution is 5.85. The monoisotopic (exact) mass is 300 g/mol. The molecule has 0 spiro atoms. The van der Waals surface area contributed by atoms with Crippen LogP contribution in [0.1, 0.15) is 36.4 Å². The van der Waals surface area contributed by atoms with E-state index in [2.05, 4.69) is 0 Å². The van der Waals surface area contributed by atoms with Crippen LogP contribution in [0.3, 0.4) is 0 Å². The Balaban J connectivity index is 0.00000324. The zero-order valence-corrected chi connectivity index (χ0v) is 11.0. The van der Waals surface area contributed by atoms with Crippen molar-refractivity contribution in [1.29, 1.82) is 0 Å². The van der Waals surface area contributed by atoms with Crippen LogP contribution in [0.5, 0.6) is 0 Å². The van der Waals surface area contributed by atoms with E-state index in [1.54, 1.807) is 0 Å². The third kappa shape index (κ3) is 5.34. The van der Waals surface area contributed by atoms with Crippen molar-refractivity contribution in [2.24, 2.45) is 11.5 Å². The average molecular weight is 301 g/mol. The summed E-state index contributed by atoms with van der Waals surface area (Å²) in [6, 6.07) is 2.34. The van der Waals surface area contributed by atoms with Crippen LogP contribution in [0.2, 0.25) is 0 Å². The first-order chi connectivity index (χ1) is 8.36. The van der Waals surface area contributed by atoms with Crippen LogP contribution in [0, 0.1) is 5.82 Å². The molecule has 7 heteroatoms. The van der Waals surface area contributed by atoms with E-state index in [1.165, 1.54) is 6.07 Å². The summed E-state index contributed by atoms with van der Waals surface area (Å²) in [5, 5.41) is 0. The number of nitrogens with two attached hydrogens (primary N) is 2. The number of hydrogen-bond donors (Lipinski definition) is 2. The molecule has 0 amide bonds. The molecule has 0 fully saturated rings. The predicted molar refractivity (Wildman–Crippen MR) is 68.5 cm³/mol. The third-order valence-electron chi connectivity index (χ3n) is 2.70. The highest BCUT2D eigenvalue weighted by Crippen LogP contribution is 2.32. The SMILES string of the molecule is Cl.NCCCC[C@@H](N)c1ccc(C(F)(F)F)c(F)c1. The minimum atomic E-state index is -4.67. The summed E-state index contributed by atoms with van der Waals surface area (Å²) in [6.07, 6.45) is -2.55. The first-order valence-electron chi connectivity index (χ1n) is 5.68. The molecule has 0 saturated carbocycles. The van der Waals surface area contributed by atoms with Gasteiger partial charge in [0.05, 0.1) is 5.56 Å². The molecule has 19 heavy (non-hydrogen) atoms. The second kappa shape index (κ2) is 7.67. The molecule has 0 unspecified atom stereocenters. The first-order valence-corrected chi connectivity index (χ1v) is 5.68. The summed E-state index contributed by atoms with van der Waals surface area (Å²) in [4.78, 5) is 0. The van der Waals surface area contributed by atoms with Gasteiger partial charge in [0.1, 0.15) is 5.82 Å². The Labute approximate surface area is 115 Å². The van der Waals surface area contributed by atoms with Gasteiger partial charge in [-0.3, -0.25) is 0 Å². The van der Waals surface area contributed by atoms with Crippen molar-refractivity contribution in [3.05, 3.63) is 35.1 Å². The third-order valence-corrected chi connectivity index (χ3v) is 2.70. The van der Waals surface area contributed by atoms with Gasteiger partial charge >= 0.3 is 6.18 Å². The Kier molecular flexibility index (Phi) is 7.33. The second-order valence-corrected chi connectivity index (χ2v) is 4.13. The molecule has 0 heterocycles. The summed E-state index contributed by atoms with van der Waals surface area (Å²) >= 11 is 0. The van der Waals surface area contributed by atoms with Gasteiger partial charge in [0.25, 0.3) is 0 Å². The van der Waals surface area contributed by atoms with Crippen molar-refractivity contribution in [3.63, 3.8) is 0 Å². The number of alkyl halides is 3. The van der Waals surface area contributed by atoms with Crippen molar-refractivity contribution in [2.75, 3.05) is 6.54 Å². The average Bonchev–Trinajstić information content (AvgIpc) is 2.27. The minimum absolute atomic E-state index is 0. The predicted octanol–water partition coefficient (Wildman–Crippen LogP) is 3.40. The molecule has 0 aliphatic carbocycles. The smallest absolute Gasteiger partial charge is 0.330 e. The molecule has 2 nitrogen and oxygen atoms in total. The Hall–Kier alpha value is -0.850. The summed E-state index contributed by atoms with van der Waals surface area (Å²) in [6.45, 7) is 0.536. The number of benzene rings is 1. The van der Waals surface area contributed by atoms with Crippen LogP contribution in [-0.2, 0) is 6.18 Å². The van der Waals surface area contributed by atoms with Gasteiger partial charge in [-0.15, -0.1) is 12.4 Å². The Morgan fingerprint density at radius 1 is 1.16 bits per heavy atom. The standard InChI is InChI=1S/C12H16F4N2.ClH/c13-10-7-8(11(18)3-1-2-6-17)4-5-9(10)12(14,15)16;/h4-5,7,11H,1-3,6,17-18H2;1H/t11-;/m1./s1. The van der Waals surface area contributed by atoms with E-state index in [0.29, 0.717) is 18.5 Å². The lowest BCUT2D eigenvalue weighted by atomic mass is 10.00. The van der Waals surface area contributed by atoms with Gasteiger partial charge in [-0.1, -0.05) is 12.5 Å². The molecule has 1 rings (SSSR count). The van der Waals surface area contributed by atoms with Gasteiger partial charge in [-0.25, -0.2) is 4.39 Å². The Morgan fingerprint density at radius 2 is 1.79 bits per heavy atom. The number of halogens is 5. The Bertz CT molecular complexity index is 396. The van der Waals surface area contributed by atoms with E-state index >= 15 is 0 Å². The molecule has 0 aliphatic heterocycles. The van der Waals surface area contributed by atoms with Crippen molar-refractivity contribution in [3.8, 4) is 0 Å².